The van der Waals surface area contributed by atoms with Crippen LogP contribution in [0.3, 0.4) is 0 Å². The van der Waals surface area contributed by atoms with E-state index in [0.717, 1.165) is 96.3 Å². The average Bonchev–Trinajstić information content (AvgIpc) is 3.35. The molecule has 0 fully saturated rings. The molecule has 0 spiro atoms. The summed E-state index contributed by atoms with van der Waals surface area (Å²) < 4.78 is 31.8. The maximum Gasteiger partial charge on any atom is 0.305 e. The van der Waals surface area contributed by atoms with Crippen LogP contribution in [0.15, 0.2) is 91.0 Å². The fraction of sp³-hybridized carbons (Fsp3) is 0.444. The lowest BCUT2D eigenvalue weighted by Crippen LogP contribution is -2.11. The molecular formula is C54H66O12. The van der Waals surface area contributed by atoms with Crippen LogP contribution in [-0.4, -0.2) is 76.4 Å². The lowest BCUT2D eigenvalue weighted by atomic mass is 9.92. The van der Waals surface area contributed by atoms with Gasteiger partial charge in [0.2, 0.25) is 0 Å². The molecule has 0 unspecified atom stereocenters. The Kier molecular flexibility index (Phi) is 23.8. The minimum Gasteiger partial charge on any atom is -0.494 e. The molecule has 0 aliphatic heterocycles. The van der Waals surface area contributed by atoms with E-state index in [-0.39, 0.29) is 51.9 Å². The summed E-state index contributed by atoms with van der Waals surface area (Å²) in [5.74, 6) is 0.250. The smallest absolute Gasteiger partial charge is 0.305 e. The number of carbonyl (C=O) groups excluding carboxylic acids is 6. The van der Waals surface area contributed by atoms with Gasteiger partial charge in [0.05, 0.1) is 41.2 Å². The number of rotatable bonds is 33. The van der Waals surface area contributed by atoms with Gasteiger partial charge in [-0.15, -0.1) is 0 Å². The van der Waals surface area contributed by atoms with Gasteiger partial charge in [-0.2, -0.15) is 0 Å². The highest BCUT2D eigenvalue weighted by Crippen LogP contribution is 2.24. The van der Waals surface area contributed by atoms with Crippen LogP contribution in [-0.2, 0) is 28.6 Å². The molecule has 0 aliphatic rings. The molecule has 0 amide bonds. The minimum atomic E-state index is -0.350. The van der Waals surface area contributed by atoms with Crippen molar-refractivity contribution in [2.75, 3.05) is 41.2 Å². The Labute approximate surface area is 389 Å². The van der Waals surface area contributed by atoms with Gasteiger partial charge in [-0.3, -0.25) is 28.8 Å². The SMILES string of the molecule is COC(=O)CCCCCCCOc1ccc(C(=O)c2cc(C(=O)c3ccc(OCCCCCCCC(=O)OC)cc3)cc(C(=O)c3ccc(OCCCCCCCC(=O)OC)cc3)c2)cc1. The zero-order chi connectivity index (χ0) is 47.4. The number of ether oxygens (including phenoxy) is 6. The van der Waals surface area contributed by atoms with Gasteiger partial charge >= 0.3 is 17.9 Å². The number of hydrogen-bond donors (Lipinski definition) is 0. The molecule has 4 rings (SSSR count). The Morgan fingerprint density at radius 1 is 0.303 bits per heavy atom. The molecule has 0 aromatic heterocycles. The second-order valence-electron chi connectivity index (χ2n) is 16.2. The van der Waals surface area contributed by atoms with Gasteiger partial charge in [0, 0.05) is 52.6 Å². The third kappa shape index (κ3) is 19.0. The van der Waals surface area contributed by atoms with E-state index in [0.29, 0.717) is 73.0 Å². The monoisotopic (exact) mass is 906 g/mol. The molecule has 0 saturated heterocycles. The second kappa shape index (κ2) is 30.0. The molecule has 0 saturated carbocycles. The van der Waals surface area contributed by atoms with Gasteiger partial charge in [-0.05, 0) is 130 Å². The lowest BCUT2D eigenvalue weighted by Gasteiger charge is -2.11. The van der Waals surface area contributed by atoms with Gasteiger partial charge in [0.15, 0.2) is 17.3 Å². The van der Waals surface area contributed by atoms with Crippen molar-refractivity contribution in [2.45, 2.75) is 116 Å². The summed E-state index contributed by atoms with van der Waals surface area (Å²) in [4.78, 5) is 76.0. The van der Waals surface area contributed by atoms with Crippen molar-refractivity contribution >= 4 is 35.3 Å². The number of esters is 3. The number of unbranched alkanes of at least 4 members (excludes halogenated alkanes) is 12. The molecule has 0 aliphatic carbocycles. The molecule has 354 valence electrons. The van der Waals surface area contributed by atoms with E-state index in [1.165, 1.54) is 39.5 Å². The molecule has 0 bridgehead atoms. The van der Waals surface area contributed by atoms with Gasteiger partial charge in [0.1, 0.15) is 17.2 Å². The molecule has 4 aromatic carbocycles. The van der Waals surface area contributed by atoms with E-state index >= 15 is 0 Å². The lowest BCUT2D eigenvalue weighted by molar-refractivity contribution is -0.141. The van der Waals surface area contributed by atoms with Crippen LogP contribution >= 0.6 is 0 Å². The van der Waals surface area contributed by atoms with Crippen molar-refractivity contribution in [1.82, 2.24) is 0 Å². The van der Waals surface area contributed by atoms with Crippen molar-refractivity contribution < 1.29 is 57.2 Å². The first-order chi connectivity index (χ1) is 32.1. The van der Waals surface area contributed by atoms with Crippen LogP contribution in [0.5, 0.6) is 17.2 Å². The van der Waals surface area contributed by atoms with Crippen LogP contribution in [0.4, 0.5) is 0 Å². The second-order valence-corrected chi connectivity index (χ2v) is 16.2. The van der Waals surface area contributed by atoms with Crippen molar-refractivity contribution in [1.29, 1.82) is 0 Å². The summed E-state index contributed by atoms with van der Waals surface area (Å²) in [6.45, 7) is 1.55. The highest BCUT2D eigenvalue weighted by molar-refractivity contribution is 6.17. The molecule has 0 heterocycles. The number of carbonyl (C=O) groups is 6. The Balaban J connectivity index is 1.40. The van der Waals surface area contributed by atoms with Gasteiger partial charge < -0.3 is 28.4 Å². The molecule has 0 radical (unpaired) electrons. The molecule has 12 nitrogen and oxygen atoms in total. The van der Waals surface area contributed by atoms with Crippen molar-refractivity contribution in [3.8, 4) is 17.2 Å². The largest absolute Gasteiger partial charge is 0.494 e. The van der Waals surface area contributed by atoms with E-state index in [2.05, 4.69) is 14.2 Å². The summed E-state index contributed by atoms with van der Waals surface area (Å²) in [6, 6.07) is 25.1. The van der Waals surface area contributed by atoms with E-state index in [1.807, 2.05) is 0 Å². The van der Waals surface area contributed by atoms with E-state index < -0.39 is 0 Å². The number of ketones is 3. The fourth-order valence-corrected chi connectivity index (χ4v) is 7.21. The summed E-state index contributed by atoms with van der Waals surface area (Å²) in [5, 5.41) is 0. The highest BCUT2D eigenvalue weighted by Gasteiger charge is 2.20. The van der Waals surface area contributed by atoms with E-state index in [1.54, 1.807) is 72.8 Å². The van der Waals surface area contributed by atoms with Crippen LogP contribution in [0.2, 0.25) is 0 Å². The number of hydrogen-bond acceptors (Lipinski definition) is 12. The summed E-state index contributed by atoms with van der Waals surface area (Å²) in [5.41, 5.74) is 1.71. The van der Waals surface area contributed by atoms with Crippen LogP contribution < -0.4 is 14.2 Å². The quantitative estimate of drug-likeness (QED) is 0.0193. The summed E-state index contributed by atoms with van der Waals surface area (Å²) >= 11 is 0. The molecule has 66 heavy (non-hydrogen) atoms. The van der Waals surface area contributed by atoms with Crippen molar-refractivity contribution in [3.05, 3.63) is 124 Å². The first kappa shape index (κ1) is 52.3. The van der Waals surface area contributed by atoms with Crippen LogP contribution in [0, 0.1) is 0 Å². The first-order valence-corrected chi connectivity index (χ1v) is 23.3. The Bertz CT molecular complexity index is 1870. The number of benzene rings is 4. The first-order valence-electron chi connectivity index (χ1n) is 23.3. The fourth-order valence-electron chi connectivity index (χ4n) is 7.21. The Hall–Kier alpha value is -6.30. The number of methoxy groups -OCH3 is 3. The summed E-state index contributed by atoms with van der Waals surface area (Å²) in [7, 11) is 4.19. The third-order valence-corrected chi connectivity index (χ3v) is 11.1. The maximum absolute atomic E-state index is 14.0. The maximum atomic E-state index is 14.0. The topological polar surface area (TPSA) is 158 Å². The van der Waals surface area contributed by atoms with Gasteiger partial charge in [0.25, 0.3) is 0 Å². The van der Waals surface area contributed by atoms with Crippen LogP contribution in [0.25, 0.3) is 0 Å². The third-order valence-electron chi connectivity index (χ3n) is 11.1. The molecule has 0 atom stereocenters. The Morgan fingerprint density at radius 3 is 0.773 bits per heavy atom. The van der Waals surface area contributed by atoms with Crippen molar-refractivity contribution in [2.24, 2.45) is 0 Å². The zero-order valence-corrected chi connectivity index (χ0v) is 38.9. The zero-order valence-electron chi connectivity index (χ0n) is 38.9. The normalized spacial score (nSPS) is 10.8. The predicted molar refractivity (Wildman–Crippen MR) is 252 cm³/mol. The molecule has 4 aromatic rings. The van der Waals surface area contributed by atoms with E-state index in [9.17, 15) is 28.8 Å². The van der Waals surface area contributed by atoms with Crippen LogP contribution in [0.1, 0.15) is 163 Å². The van der Waals surface area contributed by atoms with Gasteiger partial charge in [-0.1, -0.05) is 57.8 Å². The predicted octanol–water partition coefficient (Wildman–Crippen LogP) is 11.1. The summed E-state index contributed by atoms with van der Waals surface area (Å²) in [6.07, 6.45) is 15.0. The molecule has 0 N–H and O–H groups in total. The Morgan fingerprint density at radius 2 is 0.530 bits per heavy atom. The standard InChI is InChI=1S/C54H66O12/c1-61-49(55)19-13-7-4-10-16-34-64-46-28-22-40(23-29-46)52(58)43-37-44(53(59)41-24-30-47(31-25-41)65-35-17-11-5-8-14-20-50(56)62-2)39-45(38-43)54(60)42-26-32-48(33-27-42)66-36-18-12-6-9-15-21-51(57)63-3/h22-33,37-39H,4-21,34-36H2,1-3H3. The van der Waals surface area contributed by atoms with E-state index in [4.69, 9.17) is 14.2 Å². The molecule has 12 heteroatoms. The van der Waals surface area contributed by atoms with Crippen molar-refractivity contribution in [3.63, 3.8) is 0 Å². The van der Waals surface area contributed by atoms with Gasteiger partial charge in [-0.25, -0.2) is 0 Å². The minimum absolute atomic E-state index is 0.188. The molecular weight excluding hydrogens is 841 g/mol. The average molecular weight is 907 g/mol. The highest BCUT2D eigenvalue weighted by atomic mass is 16.5.